The van der Waals surface area contributed by atoms with Gasteiger partial charge in [0, 0.05) is 27.9 Å². The highest BCUT2D eigenvalue weighted by molar-refractivity contribution is 6.32. The lowest BCUT2D eigenvalue weighted by Gasteiger charge is -2.13. The van der Waals surface area contributed by atoms with E-state index in [9.17, 15) is 9.59 Å². The van der Waals surface area contributed by atoms with Crippen LogP contribution in [-0.2, 0) is 0 Å². The molecule has 3 aromatic heterocycles. The molecule has 36 heavy (non-hydrogen) atoms. The fourth-order valence-electron chi connectivity index (χ4n) is 4.70. The van der Waals surface area contributed by atoms with Crippen molar-refractivity contribution in [3.8, 4) is 11.5 Å². The second kappa shape index (κ2) is 7.72. The van der Waals surface area contributed by atoms with Crippen LogP contribution < -0.4 is 10.6 Å². The smallest absolute Gasteiger partial charge is 0.259 e. The van der Waals surface area contributed by atoms with Crippen LogP contribution in [0, 0.1) is 0 Å². The van der Waals surface area contributed by atoms with Crippen LogP contribution in [0.25, 0.3) is 22.3 Å². The summed E-state index contributed by atoms with van der Waals surface area (Å²) in [6.07, 6.45) is 8.12. The molecule has 5 aromatic rings. The van der Waals surface area contributed by atoms with Crippen LogP contribution in [0.4, 0.5) is 11.4 Å². The minimum absolute atomic E-state index is 0.114. The van der Waals surface area contributed by atoms with E-state index in [2.05, 4.69) is 30.9 Å². The molecule has 4 heterocycles. The molecule has 0 spiro atoms. The zero-order chi connectivity index (χ0) is 24.4. The Bertz CT molecular complexity index is 1710. The molecule has 2 aliphatic rings. The average molecular weight is 497 g/mol. The van der Waals surface area contributed by atoms with Crippen LogP contribution in [0.1, 0.15) is 45.2 Å². The summed E-state index contributed by atoms with van der Waals surface area (Å²) < 4.78 is 1.83. The number of hydrogen-bond acceptors (Lipinski definition) is 6. The summed E-state index contributed by atoms with van der Waals surface area (Å²) in [6, 6.07) is 11.1. The molecule has 2 aromatic carbocycles. The van der Waals surface area contributed by atoms with E-state index in [1.807, 2.05) is 35.0 Å². The second-order valence-corrected chi connectivity index (χ2v) is 9.15. The number of aromatic nitrogens is 6. The molecule has 1 aliphatic heterocycles. The van der Waals surface area contributed by atoms with Gasteiger partial charge in [-0.3, -0.25) is 9.59 Å². The van der Waals surface area contributed by atoms with Crippen molar-refractivity contribution in [2.45, 2.75) is 18.8 Å². The minimum atomic E-state index is -0.297. The van der Waals surface area contributed by atoms with Gasteiger partial charge >= 0.3 is 0 Å². The van der Waals surface area contributed by atoms with Gasteiger partial charge in [-0.05, 0) is 37.1 Å². The van der Waals surface area contributed by atoms with E-state index in [1.54, 1.807) is 12.3 Å². The molecule has 0 bridgehead atoms. The number of halogens is 1. The monoisotopic (exact) mass is 496 g/mol. The maximum absolute atomic E-state index is 13.3. The Kier molecular flexibility index (Phi) is 4.45. The number of nitrogens with zero attached hydrogens (tertiary/aromatic N) is 6. The normalized spacial score (nSPS) is 14.3. The summed E-state index contributed by atoms with van der Waals surface area (Å²) >= 11 is 6.36. The Morgan fingerprint density at radius 1 is 1.08 bits per heavy atom. The van der Waals surface area contributed by atoms with E-state index in [4.69, 9.17) is 11.6 Å². The lowest BCUT2D eigenvalue weighted by molar-refractivity contribution is 0.102. The number of amides is 2. The first-order valence-electron chi connectivity index (χ1n) is 11.4. The third kappa shape index (κ3) is 3.18. The first-order chi connectivity index (χ1) is 17.6. The van der Waals surface area contributed by atoms with Gasteiger partial charge in [0.05, 0.1) is 52.4 Å². The molecule has 11 heteroatoms. The molecule has 2 N–H and O–H groups in total. The Labute approximate surface area is 208 Å². The molecule has 2 amide bonds. The maximum atomic E-state index is 13.3. The van der Waals surface area contributed by atoms with Crippen LogP contribution in [0.3, 0.4) is 0 Å². The molecule has 0 unspecified atom stereocenters. The van der Waals surface area contributed by atoms with Crippen LogP contribution in [0.2, 0.25) is 5.02 Å². The quantitative estimate of drug-likeness (QED) is 0.373. The van der Waals surface area contributed by atoms with E-state index in [0.29, 0.717) is 27.7 Å². The zero-order valence-electron chi connectivity index (χ0n) is 18.6. The van der Waals surface area contributed by atoms with Crippen molar-refractivity contribution in [1.82, 2.24) is 29.8 Å². The van der Waals surface area contributed by atoms with Gasteiger partial charge in [-0.25, -0.2) is 9.67 Å². The third-order valence-electron chi connectivity index (χ3n) is 6.44. The highest BCUT2D eigenvalue weighted by Crippen LogP contribution is 2.44. The number of nitrogens with one attached hydrogen (secondary N) is 2. The number of pyridine rings is 1. The molecule has 1 fully saturated rings. The number of carbonyl (C=O) groups excluding carboxylic acids is 2. The summed E-state index contributed by atoms with van der Waals surface area (Å²) in [5.74, 6) is 0.184. The SMILES string of the molecule is O=C(Nc1cnc(-n2nccn2)c(Cl)c1)c1cnn(-c2ccc3c4c(cccc24)C(=O)N3)c1C1CC1. The standard InChI is InChI=1S/C25H17ClN8O2/c26-18-10-14(11-27-23(18)34-28-8-9-29-34)31-25(36)17-12-30-33(22(17)13-4-5-13)20-7-6-19-21-15(20)2-1-3-16(21)24(35)32-19/h1-3,6-13H,4-5H2,(H,31,36)(H,32,35). The van der Waals surface area contributed by atoms with Gasteiger partial charge in [0.1, 0.15) is 0 Å². The minimum Gasteiger partial charge on any atom is -0.321 e. The molecule has 7 rings (SSSR count). The topological polar surface area (TPSA) is 120 Å². The van der Waals surface area contributed by atoms with Crippen molar-refractivity contribution in [3.05, 3.63) is 83.0 Å². The lowest BCUT2D eigenvalue weighted by Crippen LogP contribution is -2.15. The van der Waals surface area contributed by atoms with Crippen LogP contribution in [0.15, 0.2) is 61.2 Å². The van der Waals surface area contributed by atoms with Crippen molar-refractivity contribution in [2.24, 2.45) is 0 Å². The summed E-state index contributed by atoms with van der Waals surface area (Å²) in [4.78, 5) is 31.3. The Morgan fingerprint density at radius 2 is 1.92 bits per heavy atom. The predicted molar refractivity (Wildman–Crippen MR) is 133 cm³/mol. The molecular formula is C25H17ClN8O2. The fourth-order valence-corrected chi connectivity index (χ4v) is 4.95. The summed E-state index contributed by atoms with van der Waals surface area (Å²) in [6.45, 7) is 0. The van der Waals surface area contributed by atoms with Gasteiger partial charge < -0.3 is 10.6 Å². The van der Waals surface area contributed by atoms with Gasteiger partial charge in [0.15, 0.2) is 5.82 Å². The molecule has 0 atom stereocenters. The molecule has 0 radical (unpaired) electrons. The molecule has 1 aliphatic carbocycles. The molecule has 10 nitrogen and oxygen atoms in total. The highest BCUT2D eigenvalue weighted by Gasteiger charge is 2.34. The number of rotatable bonds is 5. The highest BCUT2D eigenvalue weighted by atomic mass is 35.5. The maximum Gasteiger partial charge on any atom is 0.259 e. The van der Waals surface area contributed by atoms with Gasteiger partial charge in [0.25, 0.3) is 11.8 Å². The van der Waals surface area contributed by atoms with Crippen LogP contribution in [0.5, 0.6) is 0 Å². The predicted octanol–water partition coefficient (Wildman–Crippen LogP) is 4.35. The van der Waals surface area contributed by atoms with Gasteiger partial charge in [-0.1, -0.05) is 23.7 Å². The average Bonchev–Trinajstić information content (AvgIpc) is 3.26. The largest absolute Gasteiger partial charge is 0.321 e. The number of carbonyl (C=O) groups is 2. The van der Waals surface area contributed by atoms with Crippen LogP contribution >= 0.6 is 11.6 Å². The Balaban J connectivity index is 1.26. The van der Waals surface area contributed by atoms with Crippen molar-refractivity contribution < 1.29 is 9.59 Å². The molecular weight excluding hydrogens is 480 g/mol. The molecule has 0 saturated heterocycles. The van der Waals surface area contributed by atoms with E-state index >= 15 is 0 Å². The van der Waals surface area contributed by atoms with E-state index in [1.165, 1.54) is 23.4 Å². The second-order valence-electron chi connectivity index (χ2n) is 8.75. The summed E-state index contributed by atoms with van der Waals surface area (Å²) in [5, 5.41) is 20.6. The summed E-state index contributed by atoms with van der Waals surface area (Å²) in [7, 11) is 0. The Hall–Kier alpha value is -4.57. The molecule has 1 saturated carbocycles. The van der Waals surface area contributed by atoms with Gasteiger partial charge in [-0.15, -0.1) is 4.80 Å². The Morgan fingerprint density at radius 3 is 2.69 bits per heavy atom. The van der Waals surface area contributed by atoms with Crippen molar-refractivity contribution >= 4 is 45.6 Å². The van der Waals surface area contributed by atoms with Crippen molar-refractivity contribution in [2.75, 3.05) is 10.6 Å². The zero-order valence-corrected chi connectivity index (χ0v) is 19.4. The number of hydrogen-bond donors (Lipinski definition) is 2. The number of benzene rings is 2. The first kappa shape index (κ1) is 20.8. The van der Waals surface area contributed by atoms with Crippen molar-refractivity contribution in [1.29, 1.82) is 0 Å². The van der Waals surface area contributed by atoms with E-state index < -0.39 is 0 Å². The van der Waals surface area contributed by atoms with Crippen molar-refractivity contribution in [3.63, 3.8) is 0 Å². The third-order valence-corrected chi connectivity index (χ3v) is 6.72. The van der Waals surface area contributed by atoms with E-state index in [0.717, 1.165) is 40.7 Å². The lowest BCUT2D eigenvalue weighted by atomic mass is 10.0. The fraction of sp³-hybridized carbons (Fsp3) is 0.120. The van der Waals surface area contributed by atoms with Gasteiger partial charge in [-0.2, -0.15) is 15.3 Å². The first-order valence-corrected chi connectivity index (χ1v) is 11.8. The summed E-state index contributed by atoms with van der Waals surface area (Å²) in [5.41, 5.74) is 4.04. The van der Waals surface area contributed by atoms with E-state index in [-0.39, 0.29) is 17.7 Å². The van der Waals surface area contributed by atoms with Crippen LogP contribution in [-0.4, -0.2) is 41.6 Å². The number of anilines is 2. The molecule has 176 valence electrons. The van der Waals surface area contributed by atoms with Gasteiger partial charge in [0.2, 0.25) is 0 Å².